The number of nitrogens with one attached hydrogen (secondary N) is 1. The minimum Gasteiger partial charge on any atom is -0.349 e. The molecule has 1 amide bonds. The van der Waals surface area contributed by atoms with Crippen molar-refractivity contribution in [3.63, 3.8) is 0 Å². The van der Waals surface area contributed by atoms with Crippen LogP contribution in [0.25, 0.3) is 0 Å². The van der Waals surface area contributed by atoms with Gasteiger partial charge in [0.05, 0.1) is 10.6 Å². The summed E-state index contributed by atoms with van der Waals surface area (Å²) in [6.07, 6.45) is 7.22. The van der Waals surface area contributed by atoms with Crippen molar-refractivity contribution in [3.05, 3.63) is 28.0 Å². The average molecular weight is 301 g/mol. The molecule has 1 N–H and O–H groups in total. The number of amides is 1. The lowest BCUT2D eigenvalue weighted by Gasteiger charge is -2.29. The largest absolute Gasteiger partial charge is 0.349 e. The molecule has 5 heteroatoms. The molecule has 1 saturated carbocycles. The van der Waals surface area contributed by atoms with Crippen LogP contribution in [0.15, 0.2) is 12.3 Å². The Morgan fingerprint density at radius 1 is 1.47 bits per heavy atom. The highest BCUT2D eigenvalue weighted by molar-refractivity contribution is 6.41. The number of hydrogen-bond donors (Lipinski definition) is 1. The van der Waals surface area contributed by atoms with E-state index in [4.69, 9.17) is 23.2 Å². The molecular formula is C14H18Cl2N2O. The lowest BCUT2D eigenvalue weighted by molar-refractivity contribution is 0.0919. The van der Waals surface area contributed by atoms with Crippen LogP contribution in [0.1, 0.15) is 49.4 Å². The van der Waals surface area contributed by atoms with E-state index in [1.165, 1.54) is 25.5 Å². The number of pyridine rings is 1. The first-order valence-corrected chi connectivity index (χ1v) is 7.47. The quantitative estimate of drug-likeness (QED) is 0.854. The Bertz CT molecular complexity index is 465. The lowest BCUT2D eigenvalue weighted by atomic mass is 9.84. The fourth-order valence-corrected chi connectivity index (χ4v) is 2.88. The number of halogens is 2. The SMILES string of the molecule is CCC1CCCC(NC(=O)c2cnc(Cl)c(Cl)c2)C1. The lowest BCUT2D eigenvalue weighted by Crippen LogP contribution is -2.38. The smallest absolute Gasteiger partial charge is 0.253 e. The summed E-state index contributed by atoms with van der Waals surface area (Å²) in [6.45, 7) is 2.21. The monoisotopic (exact) mass is 300 g/mol. The molecule has 1 fully saturated rings. The van der Waals surface area contributed by atoms with Gasteiger partial charge in [-0.25, -0.2) is 4.98 Å². The van der Waals surface area contributed by atoms with Crippen LogP contribution in [0.2, 0.25) is 10.2 Å². The number of hydrogen-bond acceptors (Lipinski definition) is 2. The molecule has 1 aromatic rings. The van der Waals surface area contributed by atoms with E-state index < -0.39 is 0 Å². The molecule has 0 spiro atoms. The van der Waals surface area contributed by atoms with Gasteiger partial charge in [-0.1, -0.05) is 49.4 Å². The van der Waals surface area contributed by atoms with E-state index in [2.05, 4.69) is 17.2 Å². The second kappa shape index (κ2) is 6.58. The highest BCUT2D eigenvalue weighted by atomic mass is 35.5. The van der Waals surface area contributed by atoms with E-state index in [0.29, 0.717) is 10.6 Å². The third kappa shape index (κ3) is 3.83. The minimum atomic E-state index is -0.118. The predicted molar refractivity (Wildman–Crippen MR) is 77.8 cm³/mol. The Hall–Kier alpha value is -0.800. The van der Waals surface area contributed by atoms with Crippen LogP contribution in [-0.4, -0.2) is 16.9 Å². The molecule has 0 aromatic carbocycles. The first-order valence-electron chi connectivity index (χ1n) is 6.72. The Labute approximate surface area is 123 Å². The molecule has 19 heavy (non-hydrogen) atoms. The fraction of sp³-hybridized carbons (Fsp3) is 0.571. The van der Waals surface area contributed by atoms with Gasteiger partial charge in [0.25, 0.3) is 5.91 Å². The molecule has 0 saturated heterocycles. The van der Waals surface area contributed by atoms with Gasteiger partial charge in [0.2, 0.25) is 0 Å². The first kappa shape index (κ1) is 14.6. The van der Waals surface area contributed by atoms with E-state index in [0.717, 1.165) is 18.8 Å². The second-order valence-electron chi connectivity index (χ2n) is 5.11. The summed E-state index contributed by atoms with van der Waals surface area (Å²) in [4.78, 5) is 16.0. The molecule has 2 unspecified atom stereocenters. The van der Waals surface area contributed by atoms with Gasteiger partial charge < -0.3 is 5.32 Å². The zero-order valence-electron chi connectivity index (χ0n) is 11.0. The Balaban J connectivity index is 1.98. The average Bonchev–Trinajstić information content (AvgIpc) is 2.42. The van der Waals surface area contributed by atoms with Gasteiger partial charge in [0, 0.05) is 12.2 Å². The van der Waals surface area contributed by atoms with Crippen molar-refractivity contribution in [2.24, 2.45) is 5.92 Å². The summed E-state index contributed by atoms with van der Waals surface area (Å²) >= 11 is 11.6. The van der Waals surface area contributed by atoms with Crippen LogP contribution in [0, 0.1) is 5.92 Å². The maximum Gasteiger partial charge on any atom is 0.253 e. The van der Waals surface area contributed by atoms with Crippen molar-refractivity contribution in [1.29, 1.82) is 0 Å². The number of rotatable bonds is 3. The third-order valence-corrected chi connectivity index (χ3v) is 4.44. The first-order chi connectivity index (χ1) is 9.10. The zero-order valence-corrected chi connectivity index (χ0v) is 12.5. The topological polar surface area (TPSA) is 42.0 Å². The highest BCUT2D eigenvalue weighted by Crippen LogP contribution is 2.27. The van der Waals surface area contributed by atoms with Crippen molar-refractivity contribution in [3.8, 4) is 0 Å². The molecule has 1 aliphatic carbocycles. The molecule has 1 heterocycles. The Morgan fingerprint density at radius 2 is 2.26 bits per heavy atom. The molecule has 2 atom stereocenters. The van der Waals surface area contributed by atoms with Crippen LogP contribution in [0.3, 0.4) is 0 Å². The maximum absolute atomic E-state index is 12.1. The van der Waals surface area contributed by atoms with Gasteiger partial charge in [-0.05, 0) is 24.8 Å². The molecule has 2 rings (SSSR count). The van der Waals surface area contributed by atoms with Gasteiger partial charge >= 0.3 is 0 Å². The van der Waals surface area contributed by atoms with Crippen LogP contribution in [0.5, 0.6) is 0 Å². The highest BCUT2D eigenvalue weighted by Gasteiger charge is 2.22. The van der Waals surface area contributed by atoms with E-state index in [9.17, 15) is 4.79 Å². The Morgan fingerprint density at radius 3 is 2.95 bits per heavy atom. The van der Waals surface area contributed by atoms with E-state index in [1.807, 2.05) is 0 Å². The van der Waals surface area contributed by atoms with Crippen molar-refractivity contribution in [2.75, 3.05) is 0 Å². The van der Waals surface area contributed by atoms with Crippen LogP contribution < -0.4 is 5.32 Å². The number of carbonyl (C=O) groups excluding carboxylic acids is 1. The van der Waals surface area contributed by atoms with Crippen molar-refractivity contribution < 1.29 is 4.79 Å². The molecule has 3 nitrogen and oxygen atoms in total. The molecule has 104 valence electrons. The fourth-order valence-electron chi connectivity index (χ4n) is 2.61. The molecule has 1 aromatic heterocycles. The standard InChI is InChI=1S/C14H18Cl2N2O/c1-2-9-4-3-5-11(6-9)18-14(19)10-7-12(15)13(16)17-8-10/h7-9,11H,2-6H2,1H3,(H,18,19). The van der Waals surface area contributed by atoms with Crippen molar-refractivity contribution in [1.82, 2.24) is 10.3 Å². The summed E-state index contributed by atoms with van der Waals surface area (Å²) in [5, 5.41) is 3.60. The van der Waals surface area contributed by atoms with Gasteiger partial charge in [-0.2, -0.15) is 0 Å². The minimum absolute atomic E-state index is 0.118. The second-order valence-corrected chi connectivity index (χ2v) is 5.87. The van der Waals surface area contributed by atoms with E-state index in [1.54, 1.807) is 6.07 Å². The number of carbonyl (C=O) groups is 1. The van der Waals surface area contributed by atoms with Gasteiger partial charge in [-0.15, -0.1) is 0 Å². The number of aromatic nitrogens is 1. The van der Waals surface area contributed by atoms with Crippen molar-refractivity contribution >= 4 is 29.1 Å². The summed E-state index contributed by atoms with van der Waals surface area (Å²) < 4.78 is 0. The molecule has 0 aliphatic heterocycles. The summed E-state index contributed by atoms with van der Waals surface area (Å²) in [5.74, 6) is 0.610. The molecule has 0 radical (unpaired) electrons. The summed E-state index contributed by atoms with van der Waals surface area (Å²) in [5.41, 5.74) is 0.466. The predicted octanol–water partition coefficient (Wildman–Crippen LogP) is 4.09. The normalized spacial score (nSPS) is 23.1. The summed E-state index contributed by atoms with van der Waals surface area (Å²) in [7, 11) is 0. The number of nitrogens with zero attached hydrogens (tertiary/aromatic N) is 1. The molecule has 0 bridgehead atoms. The van der Waals surface area contributed by atoms with Crippen LogP contribution in [-0.2, 0) is 0 Å². The zero-order chi connectivity index (χ0) is 13.8. The molecular weight excluding hydrogens is 283 g/mol. The maximum atomic E-state index is 12.1. The van der Waals surface area contributed by atoms with Gasteiger partial charge in [-0.3, -0.25) is 4.79 Å². The molecule has 1 aliphatic rings. The Kier molecular flexibility index (Phi) is 5.06. The summed E-state index contributed by atoms with van der Waals surface area (Å²) in [6, 6.07) is 1.83. The van der Waals surface area contributed by atoms with E-state index >= 15 is 0 Å². The van der Waals surface area contributed by atoms with Gasteiger partial charge in [0.1, 0.15) is 5.15 Å². The van der Waals surface area contributed by atoms with E-state index in [-0.39, 0.29) is 17.1 Å². The van der Waals surface area contributed by atoms with Crippen LogP contribution in [0.4, 0.5) is 0 Å². The van der Waals surface area contributed by atoms with Gasteiger partial charge in [0.15, 0.2) is 0 Å². The third-order valence-electron chi connectivity index (χ3n) is 3.75. The van der Waals surface area contributed by atoms with Crippen LogP contribution >= 0.6 is 23.2 Å². The van der Waals surface area contributed by atoms with Crippen molar-refractivity contribution in [2.45, 2.75) is 45.1 Å².